The number of hydrogen-bond acceptors (Lipinski definition) is 6. The van der Waals surface area contributed by atoms with Crippen molar-refractivity contribution in [3.63, 3.8) is 0 Å². The number of amides is 2. The first-order valence-corrected chi connectivity index (χ1v) is 15.5. The Bertz CT molecular complexity index is 1650. The number of anilines is 3. The molecule has 2 aromatic carbocycles. The minimum atomic E-state index is -4.63. The number of alkyl halides is 3. The maximum Gasteiger partial charge on any atom is 0.435 e. The summed E-state index contributed by atoms with van der Waals surface area (Å²) in [7, 11) is -2.75. The first-order chi connectivity index (χ1) is 20.1. The molecular weight excluding hydrogens is 603 g/mol. The van der Waals surface area contributed by atoms with Gasteiger partial charge in [-0.25, -0.2) is 13.2 Å². The van der Waals surface area contributed by atoms with Gasteiger partial charge in [0.2, 0.25) is 0 Å². The van der Waals surface area contributed by atoms with Crippen LogP contribution in [0.3, 0.4) is 0 Å². The molecule has 14 heteroatoms. The van der Waals surface area contributed by atoms with Crippen LogP contribution < -0.4 is 14.9 Å². The molecule has 0 saturated carbocycles. The van der Waals surface area contributed by atoms with E-state index in [0.717, 1.165) is 22.1 Å². The smallest absolute Gasteiger partial charge is 0.376 e. The fourth-order valence-corrected chi connectivity index (χ4v) is 7.01. The van der Waals surface area contributed by atoms with Crippen LogP contribution in [0, 0.1) is 0 Å². The molecule has 4 rings (SSSR count). The standard InChI is InChI=1S/C29H32F3N5O4S2/c1-28(2,3)41-18-8-17-37(22-13-11-21(12-14-22)34-27(38)33-20-9-6-5-7-10-20)43(39,40)26-16-15-24(42-26)23-19-25(29(30,31)32)35-36(23)4/h5-7,9-16,19H,8,17-18H2,1-4H3,(H2,33,34,38). The monoisotopic (exact) mass is 635 g/mol. The third-order valence-corrected chi connectivity index (χ3v) is 9.44. The second-order valence-electron chi connectivity index (χ2n) is 10.5. The van der Waals surface area contributed by atoms with Crippen LogP contribution in [-0.2, 0) is 28.0 Å². The van der Waals surface area contributed by atoms with Gasteiger partial charge in [-0.2, -0.15) is 18.3 Å². The number of aryl methyl sites for hydroxylation is 1. The molecule has 0 aliphatic carbocycles. The Balaban J connectivity index is 1.57. The number of hydrogen-bond donors (Lipinski definition) is 2. The van der Waals surface area contributed by atoms with Crippen LogP contribution in [0.5, 0.6) is 0 Å². The average molecular weight is 636 g/mol. The van der Waals surface area contributed by atoms with Gasteiger partial charge in [-0.1, -0.05) is 18.2 Å². The average Bonchev–Trinajstić information content (AvgIpc) is 3.56. The van der Waals surface area contributed by atoms with Crippen LogP contribution >= 0.6 is 11.3 Å². The number of aromatic nitrogens is 2. The fourth-order valence-electron chi connectivity index (χ4n) is 4.04. The molecule has 0 saturated heterocycles. The molecule has 230 valence electrons. The number of thiophene rings is 1. The highest BCUT2D eigenvalue weighted by Gasteiger charge is 2.35. The number of nitrogens with zero attached hydrogens (tertiary/aromatic N) is 3. The van der Waals surface area contributed by atoms with Gasteiger partial charge in [-0.05, 0) is 81.8 Å². The van der Waals surface area contributed by atoms with Gasteiger partial charge in [0, 0.05) is 31.6 Å². The van der Waals surface area contributed by atoms with E-state index < -0.39 is 33.5 Å². The highest BCUT2D eigenvalue weighted by molar-refractivity contribution is 7.94. The van der Waals surface area contributed by atoms with Gasteiger partial charge in [0.1, 0.15) is 4.21 Å². The minimum Gasteiger partial charge on any atom is -0.376 e. The molecule has 0 fully saturated rings. The molecule has 0 spiro atoms. The van der Waals surface area contributed by atoms with Gasteiger partial charge in [-0.15, -0.1) is 11.3 Å². The fraction of sp³-hybridized carbons (Fsp3) is 0.310. The van der Waals surface area contributed by atoms with Gasteiger partial charge < -0.3 is 15.4 Å². The summed E-state index contributed by atoms with van der Waals surface area (Å²) in [4.78, 5) is 12.7. The molecule has 4 aromatic rings. The summed E-state index contributed by atoms with van der Waals surface area (Å²) in [5, 5.41) is 8.95. The second-order valence-corrected chi connectivity index (χ2v) is 13.7. The van der Waals surface area contributed by atoms with Crippen LogP contribution in [-0.4, -0.2) is 43.0 Å². The van der Waals surface area contributed by atoms with E-state index in [9.17, 15) is 26.4 Å². The first kappa shape index (κ1) is 32.0. The zero-order valence-corrected chi connectivity index (χ0v) is 25.6. The molecule has 0 atom stereocenters. The van der Waals surface area contributed by atoms with Crippen molar-refractivity contribution >= 4 is 44.5 Å². The van der Waals surface area contributed by atoms with E-state index in [-0.39, 0.29) is 16.4 Å². The number of rotatable bonds is 10. The molecule has 2 amide bonds. The lowest BCUT2D eigenvalue weighted by molar-refractivity contribution is -0.141. The first-order valence-electron chi connectivity index (χ1n) is 13.2. The largest absolute Gasteiger partial charge is 0.435 e. The third kappa shape index (κ3) is 8.36. The lowest BCUT2D eigenvalue weighted by Crippen LogP contribution is -2.32. The Morgan fingerprint density at radius 1 is 0.977 bits per heavy atom. The molecule has 2 heterocycles. The van der Waals surface area contributed by atoms with Crippen molar-refractivity contribution in [3.8, 4) is 10.6 Å². The van der Waals surface area contributed by atoms with Gasteiger partial charge in [0.05, 0.1) is 21.9 Å². The Morgan fingerprint density at radius 3 is 2.19 bits per heavy atom. The van der Waals surface area contributed by atoms with Crippen LogP contribution in [0.1, 0.15) is 32.9 Å². The highest BCUT2D eigenvalue weighted by atomic mass is 32.2. The number of urea groups is 1. The zero-order valence-electron chi connectivity index (χ0n) is 24.0. The highest BCUT2D eigenvalue weighted by Crippen LogP contribution is 2.37. The molecule has 43 heavy (non-hydrogen) atoms. The number of para-hydroxylation sites is 1. The molecule has 0 radical (unpaired) electrons. The van der Waals surface area contributed by atoms with Crippen molar-refractivity contribution in [2.75, 3.05) is 28.1 Å². The number of halogens is 3. The molecule has 9 nitrogen and oxygen atoms in total. The zero-order chi connectivity index (χ0) is 31.4. The molecule has 2 N–H and O–H groups in total. The molecular formula is C29H32F3N5O4S2. The number of benzene rings is 2. The van der Waals surface area contributed by atoms with Gasteiger partial charge in [0.25, 0.3) is 10.0 Å². The lowest BCUT2D eigenvalue weighted by atomic mass is 10.2. The summed E-state index contributed by atoms with van der Waals surface area (Å²) in [6, 6.07) is 18.5. The quantitative estimate of drug-likeness (QED) is 0.179. The van der Waals surface area contributed by atoms with Crippen LogP contribution in [0.2, 0.25) is 0 Å². The Morgan fingerprint density at radius 2 is 1.60 bits per heavy atom. The second kappa shape index (κ2) is 12.8. The summed E-state index contributed by atoms with van der Waals surface area (Å²) in [6.45, 7) is 6.08. The van der Waals surface area contributed by atoms with E-state index in [0.29, 0.717) is 35.0 Å². The molecule has 0 aliphatic rings. The van der Waals surface area contributed by atoms with E-state index in [1.165, 1.54) is 23.5 Å². The number of carbonyl (C=O) groups is 1. The van der Waals surface area contributed by atoms with Crippen molar-refractivity contribution in [2.24, 2.45) is 7.05 Å². The SMILES string of the molecule is Cn1nc(C(F)(F)F)cc1-c1ccc(S(=O)(=O)N(CCCOC(C)(C)C)c2ccc(NC(=O)Nc3ccccc3)cc2)s1. The minimum absolute atomic E-state index is 0.0431. The number of nitrogens with one attached hydrogen (secondary N) is 2. The lowest BCUT2D eigenvalue weighted by Gasteiger charge is -2.25. The normalized spacial score (nSPS) is 12.3. The van der Waals surface area contributed by atoms with Gasteiger partial charge >= 0.3 is 12.2 Å². The van der Waals surface area contributed by atoms with E-state index in [4.69, 9.17) is 4.74 Å². The van der Waals surface area contributed by atoms with E-state index in [1.54, 1.807) is 48.5 Å². The Hall–Kier alpha value is -3.88. The summed E-state index contributed by atoms with van der Waals surface area (Å²) in [6.07, 6.45) is -4.25. The third-order valence-electron chi connectivity index (χ3n) is 6.03. The summed E-state index contributed by atoms with van der Waals surface area (Å²) < 4.78 is 75.4. The van der Waals surface area contributed by atoms with Crippen molar-refractivity contribution in [3.05, 3.63) is 78.5 Å². The van der Waals surface area contributed by atoms with Crippen LogP contribution in [0.25, 0.3) is 10.6 Å². The Labute approximate surface area is 252 Å². The summed E-state index contributed by atoms with van der Waals surface area (Å²) in [5.41, 5.74) is 0.0866. The summed E-state index contributed by atoms with van der Waals surface area (Å²) >= 11 is 0.856. The number of sulfonamides is 1. The van der Waals surface area contributed by atoms with Crippen molar-refractivity contribution in [1.82, 2.24) is 9.78 Å². The maximum absolute atomic E-state index is 13.9. The maximum atomic E-state index is 13.9. The van der Waals surface area contributed by atoms with E-state index in [1.807, 2.05) is 26.8 Å². The van der Waals surface area contributed by atoms with Crippen molar-refractivity contribution in [2.45, 2.75) is 43.2 Å². The predicted molar refractivity (Wildman–Crippen MR) is 162 cm³/mol. The van der Waals surface area contributed by atoms with E-state index >= 15 is 0 Å². The Kier molecular flexibility index (Phi) is 9.52. The predicted octanol–water partition coefficient (Wildman–Crippen LogP) is 7.21. The molecule has 0 bridgehead atoms. The molecule has 0 unspecified atom stereocenters. The van der Waals surface area contributed by atoms with Crippen LogP contribution in [0.15, 0.2) is 77.0 Å². The number of ether oxygens (including phenoxy) is 1. The topological polar surface area (TPSA) is 106 Å². The van der Waals surface area contributed by atoms with Crippen molar-refractivity contribution in [1.29, 1.82) is 0 Å². The van der Waals surface area contributed by atoms with Gasteiger partial charge in [-0.3, -0.25) is 8.99 Å². The van der Waals surface area contributed by atoms with E-state index in [2.05, 4.69) is 15.7 Å². The van der Waals surface area contributed by atoms with Gasteiger partial charge in [0.15, 0.2) is 5.69 Å². The van der Waals surface area contributed by atoms with Crippen LogP contribution in [0.4, 0.5) is 35.0 Å². The molecule has 0 aliphatic heterocycles. The molecule has 2 aromatic heterocycles. The number of carbonyl (C=O) groups excluding carboxylic acids is 1. The van der Waals surface area contributed by atoms with Crippen molar-refractivity contribution < 1.29 is 31.1 Å². The summed E-state index contributed by atoms with van der Waals surface area (Å²) in [5.74, 6) is 0.